The van der Waals surface area contributed by atoms with Gasteiger partial charge in [-0.25, -0.2) is 19.5 Å². The first-order valence-corrected chi connectivity index (χ1v) is 22.4. The highest BCUT2D eigenvalue weighted by atomic mass is 31.2. The van der Waals surface area contributed by atoms with Crippen molar-refractivity contribution in [1.29, 1.82) is 5.26 Å². The summed E-state index contributed by atoms with van der Waals surface area (Å²) in [4.78, 5) is 68.1. The van der Waals surface area contributed by atoms with Gasteiger partial charge in [-0.1, -0.05) is 39.0 Å². The van der Waals surface area contributed by atoms with E-state index in [-0.39, 0.29) is 41.7 Å². The van der Waals surface area contributed by atoms with Crippen LogP contribution in [0.1, 0.15) is 56.2 Å². The van der Waals surface area contributed by atoms with E-state index in [2.05, 4.69) is 35.6 Å². The lowest BCUT2D eigenvalue weighted by molar-refractivity contribution is -0.118. The van der Waals surface area contributed by atoms with E-state index in [1.165, 1.54) is 17.2 Å². The molecule has 23 nitrogen and oxygen atoms in total. The number of H-pyrrole nitrogens is 1. The van der Waals surface area contributed by atoms with Gasteiger partial charge in [-0.05, 0) is 24.6 Å². The van der Waals surface area contributed by atoms with E-state index in [0.29, 0.717) is 16.6 Å². The maximum Gasteiger partial charge on any atom is 0.695 e. The number of benzene rings is 1. The number of aliphatic hydroxyl groups excluding tert-OH is 2. The molecule has 63 heavy (non-hydrogen) atoms. The molecule has 334 valence electrons. The van der Waals surface area contributed by atoms with Crippen LogP contribution in [-0.4, -0.2) is 106 Å². The second-order valence-corrected chi connectivity index (χ2v) is 17.6. The average molecular weight is 912 g/mol. The molecule has 1 saturated heterocycles. The van der Waals surface area contributed by atoms with Gasteiger partial charge in [0.05, 0.1) is 56.7 Å². The fraction of sp³-hybridized carbons (Fsp3) is 0.474. The molecule has 1 aliphatic heterocycles. The molecule has 1 saturated carbocycles. The predicted octanol–water partition coefficient (Wildman–Crippen LogP) is 3.58. The molecule has 1 aliphatic carbocycles. The molecule has 2 fully saturated rings. The Labute approximate surface area is 359 Å². The van der Waals surface area contributed by atoms with E-state index in [1.54, 1.807) is 63.4 Å². The fourth-order valence-electron chi connectivity index (χ4n) is 7.83. The first-order chi connectivity index (χ1) is 30.2. The molecule has 10 atom stereocenters. The highest BCUT2D eigenvalue weighted by Crippen LogP contribution is 2.56. The quantitative estimate of drug-likeness (QED) is 0.0540. The van der Waals surface area contributed by atoms with Crippen molar-refractivity contribution in [2.45, 2.75) is 64.2 Å². The Balaban J connectivity index is 1.16. The summed E-state index contributed by atoms with van der Waals surface area (Å²) in [5.74, 6) is -3.49. The number of nitrogens with zero attached hydrogens (tertiary/aromatic N) is 7. The van der Waals surface area contributed by atoms with Crippen LogP contribution in [0.25, 0.3) is 22.2 Å². The number of aliphatic hydroxyl groups is 2. The number of nitriles is 1. The summed E-state index contributed by atoms with van der Waals surface area (Å²) in [6.45, 7) is 2.95. The fourth-order valence-corrected chi connectivity index (χ4v) is 9.85. The summed E-state index contributed by atoms with van der Waals surface area (Å²) in [5.41, 5.74) is -0.0855. The van der Waals surface area contributed by atoms with Crippen LogP contribution in [0.4, 0.5) is 11.8 Å². The number of rotatable bonds is 18. The second-order valence-electron chi connectivity index (χ2n) is 15.3. The largest absolute Gasteiger partial charge is 0.695 e. The van der Waals surface area contributed by atoms with Gasteiger partial charge in [0.15, 0.2) is 17.4 Å². The number of hydrogen-bond donors (Lipinski definition) is 6. The van der Waals surface area contributed by atoms with Crippen molar-refractivity contribution in [2.75, 3.05) is 37.1 Å². The monoisotopic (exact) mass is 911 g/mol. The zero-order valence-corrected chi connectivity index (χ0v) is 35.9. The van der Waals surface area contributed by atoms with Crippen molar-refractivity contribution in [3.05, 3.63) is 71.2 Å². The van der Waals surface area contributed by atoms with Crippen LogP contribution in [-0.2, 0) is 36.8 Å². The number of nitrogens with one attached hydrogen (secondary N) is 3. The SMILES string of the molecule is CC(C)C(=O)Nc1nc2c(ncn2[C@@H]2O[C@H](CO)[C@@H](CO)[C@H]2OP(=O)(OCCC#N)OC[C@H]2C[C@@H](n3ccc4c(NC(=O)c5ccccc5)ncnc43)[C@H](C)[C@@H]2O[P+](=O)O)c(=O)[nH]1. The third kappa shape index (κ3) is 9.75. The number of imidazole rings is 1. The average Bonchev–Trinajstić information content (AvgIpc) is 4.04. The van der Waals surface area contributed by atoms with Gasteiger partial charge in [0.25, 0.3) is 11.5 Å². The first-order valence-electron chi connectivity index (χ1n) is 19.9. The molecule has 0 bridgehead atoms. The molecular formula is C38H45N10O13P2+. The third-order valence-electron chi connectivity index (χ3n) is 11.0. The third-order valence-corrected chi connectivity index (χ3v) is 12.9. The molecule has 0 spiro atoms. The van der Waals surface area contributed by atoms with Crippen LogP contribution < -0.4 is 16.2 Å². The molecule has 2 unspecified atom stereocenters. The summed E-state index contributed by atoms with van der Waals surface area (Å²) in [6.07, 6.45) is -0.653. The Bertz CT molecular complexity index is 2620. The van der Waals surface area contributed by atoms with Gasteiger partial charge in [-0.3, -0.25) is 42.8 Å². The number of ether oxygens (including phenoxy) is 1. The number of phosphoric ester groups is 1. The maximum absolute atomic E-state index is 14.7. The number of phosphoric acid groups is 1. The standard InChI is InChI=1S/C38H44N10O13P2/c1-20(2)34(51)45-38-44-33-28(36(53)46-38)42-19-48(33)37-30(25(15-49)27(16-50)59-37)61-63(56,57-13-7-11-39)58-17-23-14-26(21(3)29(23)60-62(54)55)47-12-10-24-31(40-18-41-32(24)47)43-35(52)22-8-5-4-6-9-22/h4-6,8-10,12,18-21,23,25-27,29-30,37,49-50H,7,13-17H2,1-3H3,(H3-,40,41,43,44,45,46,51,52,53,54,55)/p+1/t21-,23+,25+,26+,27+,29-,30+,37+,63?/m0/s1. The molecule has 6 N–H and O–H groups in total. The van der Waals surface area contributed by atoms with Gasteiger partial charge in [0.2, 0.25) is 11.9 Å². The van der Waals surface area contributed by atoms with Crippen LogP contribution in [0.2, 0.25) is 0 Å². The Hall–Kier alpha value is -5.37. The minimum absolute atomic E-state index is 0.0922. The van der Waals surface area contributed by atoms with Gasteiger partial charge < -0.3 is 24.8 Å². The summed E-state index contributed by atoms with van der Waals surface area (Å²) in [6, 6.07) is 11.8. The number of aromatic amines is 1. The van der Waals surface area contributed by atoms with Crippen molar-refractivity contribution in [3.8, 4) is 6.07 Å². The Morgan fingerprint density at radius 2 is 1.86 bits per heavy atom. The van der Waals surface area contributed by atoms with Crippen molar-refractivity contribution < 1.29 is 56.7 Å². The summed E-state index contributed by atoms with van der Waals surface area (Å²) < 4.78 is 59.4. The Morgan fingerprint density at radius 3 is 2.56 bits per heavy atom. The van der Waals surface area contributed by atoms with Crippen LogP contribution in [0, 0.1) is 35.0 Å². The van der Waals surface area contributed by atoms with E-state index in [4.69, 9.17) is 22.8 Å². The number of hydrogen-bond acceptors (Lipinski definition) is 17. The number of carbonyl (C=O) groups is 2. The van der Waals surface area contributed by atoms with Crippen LogP contribution in [0.5, 0.6) is 0 Å². The topological polar surface area (TPSA) is 317 Å². The van der Waals surface area contributed by atoms with Gasteiger partial charge in [-0.15, -0.1) is 9.42 Å². The highest BCUT2D eigenvalue weighted by molar-refractivity contribution is 7.48. The second kappa shape index (κ2) is 19.6. The predicted molar refractivity (Wildman–Crippen MR) is 221 cm³/mol. The van der Waals surface area contributed by atoms with Crippen molar-refractivity contribution >= 4 is 61.9 Å². The van der Waals surface area contributed by atoms with Crippen LogP contribution in [0.3, 0.4) is 0 Å². The number of amides is 2. The molecule has 7 rings (SSSR count). The summed E-state index contributed by atoms with van der Waals surface area (Å²) >= 11 is 0. The van der Waals surface area contributed by atoms with E-state index in [0.717, 1.165) is 0 Å². The molecule has 4 aromatic heterocycles. The molecule has 1 aromatic carbocycles. The first kappa shape index (κ1) is 45.6. The molecule has 5 aromatic rings. The van der Waals surface area contributed by atoms with Gasteiger partial charge in [0.1, 0.15) is 30.0 Å². The Morgan fingerprint density at radius 1 is 1.08 bits per heavy atom. The molecule has 2 amide bonds. The molecule has 2 aliphatic rings. The number of anilines is 2. The normalized spacial score (nSPS) is 24.7. The van der Waals surface area contributed by atoms with E-state index < -0.39 is 108 Å². The number of aromatic nitrogens is 7. The van der Waals surface area contributed by atoms with E-state index >= 15 is 0 Å². The highest BCUT2D eigenvalue weighted by Gasteiger charge is 2.52. The lowest BCUT2D eigenvalue weighted by atomic mass is 9.99. The minimum atomic E-state index is -4.79. The van der Waals surface area contributed by atoms with Gasteiger partial charge >= 0.3 is 16.1 Å². The van der Waals surface area contributed by atoms with Crippen LogP contribution in [0.15, 0.2) is 60.0 Å². The Kier molecular flexibility index (Phi) is 14.2. The molecule has 0 radical (unpaired) electrons. The lowest BCUT2D eigenvalue weighted by Crippen LogP contribution is -2.33. The smallest absolute Gasteiger partial charge is 0.396 e. The van der Waals surface area contributed by atoms with Crippen molar-refractivity contribution in [3.63, 3.8) is 0 Å². The zero-order valence-electron chi connectivity index (χ0n) is 34.1. The van der Waals surface area contributed by atoms with Gasteiger partial charge in [-0.2, -0.15) is 10.2 Å². The summed E-state index contributed by atoms with van der Waals surface area (Å²) in [7, 11) is -7.92. The number of fused-ring (bicyclic) bond motifs is 2. The summed E-state index contributed by atoms with van der Waals surface area (Å²) in [5, 5.41) is 36.0. The lowest BCUT2D eigenvalue weighted by Gasteiger charge is -2.28. The van der Waals surface area contributed by atoms with Crippen molar-refractivity contribution in [1.82, 2.24) is 34.1 Å². The molecule has 25 heteroatoms. The number of carbonyl (C=O) groups excluding carboxylic acids is 2. The zero-order chi connectivity index (χ0) is 45.0. The molecule has 5 heterocycles. The molecular weight excluding hydrogens is 866 g/mol. The van der Waals surface area contributed by atoms with E-state index in [1.807, 2.05) is 10.6 Å². The maximum atomic E-state index is 14.7. The van der Waals surface area contributed by atoms with Gasteiger partial charge in [0, 0.05) is 46.0 Å². The van der Waals surface area contributed by atoms with Crippen molar-refractivity contribution in [2.24, 2.45) is 23.7 Å². The van der Waals surface area contributed by atoms with Crippen LogP contribution >= 0.6 is 16.1 Å². The van der Waals surface area contributed by atoms with E-state index in [9.17, 15) is 43.9 Å². The minimum Gasteiger partial charge on any atom is -0.396 e.